The summed E-state index contributed by atoms with van der Waals surface area (Å²) in [5, 5.41) is 4.01. The van der Waals surface area contributed by atoms with Crippen molar-refractivity contribution in [2.75, 3.05) is 13.7 Å². The van der Waals surface area contributed by atoms with Crippen molar-refractivity contribution in [1.29, 1.82) is 0 Å². The Morgan fingerprint density at radius 1 is 1.33 bits per heavy atom. The van der Waals surface area contributed by atoms with Crippen molar-refractivity contribution in [1.82, 2.24) is 10.3 Å². The van der Waals surface area contributed by atoms with E-state index in [1.807, 2.05) is 37.4 Å². The summed E-state index contributed by atoms with van der Waals surface area (Å²) in [5.74, 6) is 0.910. The molecule has 21 heavy (non-hydrogen) atoms. The highest BCUT2D eigenvalue weighted by Crippen LogP contribution is 2.18. The van der Waals surface area contributed by atoms with Crippen molar-refractivity contribution in [3.05, 3.63) is 45.9 Å². The number of aryl methyl sites for hydroxylation is 2. The van der Waals surface area contributed by atoms with Crippen LogP contribution in [0.3, 0.4) is 0 Å². The standard InChI is InChI=1S/C16H20N2O2S/c1-12-18-11-14(21-12)9-10-17-16(19)8-7-13-5-3-4-6-15(13)20-2/h3-6,11H,7-10H2,1-2H3,(H,17,19). The SMILES string of the molecule is COc1ccccc1CCC(=O)NCCc1cnc(C)s1. The summed E-state index contributed by atoms with van der Waals surface area (Å²) in [4.78, 5) is 17.3. The number of carbonyl (C=O) groups is 1. The summed E-state index contributed by atoms with van der Waals surface area (Å²) >= 11 is 1.68. The van der Waals surface area contributed by atoms with Crippen LogP contribution in [-0.4, -0.2) is 24.5 Å². The van der Waals surface area contributed by atoms with Crippen LogP contribution in [0.2, 0.25) is 0 Å². The molecule has 0 saturated carbocycles. The van der Waals surface area contributed by atoms with Crippen LogP contribution in [0.25, 0.3) is 0 Å². The number of nitrogens with one attached hydrogen (secondary N) is 1. The third-order valence-electron chi connectivity index (χ3n) is 3.18. The first-order valence-corrected chi connectivity index (χ1v) is 7.80. The first kappa shape index (κ1) is 15.5. The van der Waals surface area contributed by atoms with Gasteiger partial charge in [-0.3, -0.25) is 4.79 Å². The maximum absolute atomic E-state index is 11.8. The highest BCUT2D eigenvalue weighted by molar-refractivity contribution is 7.11. The molecule has 1 heterocycles. The fourth-order valence-corrected chi connectivity index (χ4v) is 2.89. The van der Waals surface area contributed by atoms with Gasteiger partial charge in [-0.2, -0.15) is 0 Å². The molecule has 0 atom stereocenters. The number of amides is 1. The lowest BCUT2D eigenvalue weighted by molar-refractivity contribution is -0.121. The Morgan fingerprint density at radius 3 is 2.86 bits per heavy atom. The first-order valence-electron chi connectivity index (χ1n) is 6.99. The smallest absolute Gasteiger partial charge is 0.220 e. The molecule has 112 valence electrons. The van der Waals surface area contributed by atoms with Gasteiger partial charge in [0.15, 0.2) is 0 Å². The molecule has 0 bridgehead atoms. The largest absolute Gasteiger partial charge is 0.496 e. The van der Waals surface area contributed by atoms with Crippen LogP contribution in [0.4, 0.5) is 0 Å². The van der Waals surface area contributed by atoms with Gasteiger partial charge in [0.05, 0.1) is 12.1 Å². The van der Waals surface area contributed by atoms with E-state index in [0.717, 1.165) is 22.7 Å². The van der Waals surface area contributed by atoms with Gasteiger partial charge in [0.1, 0.15) is 5.75 Å². The van der Waals surface area contributed by atoms with Crippen molar-refractivity contribution in [2.45, 2.75) is 26.2 Å². The van der Waals surface area contributed by atoms with Crippen molar-refractivity contribution >= 4 is 17.2 Å². The number of carbonyl (C=O) groups excluding carboxylic acids is 1. The number of methoxy groups -OCH3 is 1. The molecule has 5 heteroatoms. The maximum Gasteiger partial charge on any atom is 0.220 e. The molecule has 1 aromatic carbocycles. The molecule has 0 aliphatic heterocycles. The van der Waals surface area contributed by atoms with Gasteiger partial charge in [0, 0.05) is 30.5 Å². The molecule has 0 radical (unpaired) electrons. The molecule has 4 nitrogen and oxygen atoms in total. The molecule has 0 saturated heterocycles. The lowest BCUT2D eigenvalue weighted by Crippen LogP contribution is -2.25. The molecule has 2 aromatic rings. The van der Waals surface area contributed by atoms with Crippen LogP contribution in [0.1, 0.15) is 21.9 Å². The molecular weight excluding hydrogens is 284 g/mol. The fourth-order valence-electron chi connectivity index (χ4n) is 2.09. The lowest BCUT2D eigenvalue weighted by Gasteiger charge is -2.08. The number of nitrogens with zero attached hydrogens (tertiary/aromatic N) is 1. The molecule has 0 unspecified atom stereocenters. The summed E-state index contributed by atoms with van der Waals surface area (Å²) < 4.78 is 5.28. The predicted molar refractivity (Wildman–Crippen MR) is 84.9 cm³/mol. The molecule has 1 amide bonds. The molecule has 0 aliphatic carbocycles. The van der Waals surface area contributed by atoms with Crippen molar-refractivity contribution in [3.8, 4) is 5.75 Å². The minimum atomic E-state index is 0.0714. The van der Waals surface area contributed by atoms with Gasteiger partial charge in [-0.15, -0.1) is 11.3 Å². The van der Waals surface area contributed by atoms with Crippen molar-refractivity contribution in [2.24, 2.45) is 0 Å². The van der Waals surface area contributed by atoms with E-state index in [4.69, 9.17) is 4.74 Å². The molecule has 0 aliphatic rings. The van der Waals surface area contributed by atoms with Crippen LogP contribution >= 0.6 is 11.3 Å². The average Bonchev–Trinajstić information content (AvgIpc) is 2.91. The van der Waals surface area contributed by atoms with Gasteiger partial charge in [-0.05, 0) is 25.0 Å². The van der Waals surface area contributed by atoms with E-state index in [1.165, 1.54) is 4.88 Å². The highest BCUT2D eigenvalue weighted by Gasteiger charge is 2.06. The van der Waals surface area contributed by atoms with E-state index in [0.29, 0.717) is 19.4 Å². The molecule has 0 fully saturated rings. The number of ether oxygens (including phenoxy) is 1. The zero-order valence-electron chi connectivity index (χ0n) is 12.4. The summed E-state index contributed by atoms with van der Waals surface area (Å²) in [5.41, 5.74) is 1.06. The molecule has 1 N–H and O–H groups in total. The van der Waals surface area contributed by atoms with Gasteiger partial charge in [0.2, 0.25) is 5.91 Å². The van der Waals surface area contributed by atoms with E-state index < -0.39 is 0 Å². The van der Waals surface area contributed by atoms with Gasteiger partial charge in [-0.1, -0.05) is 18.2 Å². The summed E-state index contributed by atoms with van der Waals surface area (Å²) in [6.45, 7) is 2.65. The van der Waals surface area contributed by atoms with Crippen molar-refractivity contribution in [3.63, 3.8) is 0 Å². The quantitative estimate of drug-likeness (QED) is 0.855. The second-order valence-electron chi connectivity index (χ2n) is 4.76. The summed E-state index contributed by atoms with van der Waals surface area (Å²) in [7, 11) is 1.65. The second-order valence-corrected chi connectivity index (χ2v) is 6.08. The van der Waals surface area contributed by atoms with Gasteiger partial charge in [0.25, 0.3) is 0 Å². The zero-order chi connectivity index (χ0) is 15.1. The fraction of sp³-hybridized carbons (Fsp3) is 0.375. The molecule has 0 spiro atoms. The Hall–Kier alpha value is -1.88. The number of benzene rings is 1. The number of hydrogen-bond donors (Lipinski definition) is 1. The number of aromatic nitrogens is 1. The maximum atomic E-state index is 11.8. The number of thiazole rings is 1. The van der Waals surface area contributed by atoms with Gasteiger partial charge in [-0.25, -0.2) is 4.98 Å². The van der Waals surface area contributed by atoms with Crippen LogP contribution in [0, 0.1) is 6.92 Å². The van der Waals surface area contributed by atoms with E-state index in [-0.39, 0.29) is 5.91 Å². The Labute approximate surface area is 129 Å². The lowest BCUT2D eigenvalue weighted by atomic mass is 10.1. The van der Waals surface area contributed by atoms with Crippen LogP contribution in [0.15, 0.2) is 30.5 Å². The number of rotatable bonds is 7. The Kier molecular flexibility index (Phi) is 5.75. The highest BCUT2D eigenvalue weighted by atomic mass is 32.1. The molecular formula is C16H20N2O2S. The van der Waals surface area contributed by atoms with E-state index in [1.54, 1.807) is 18.4 Å². The third-order valence-corrected chi connectivity index (χ3v) is 4.15. The minimum absolute atomic E-state index is 0.0714. The summed E-state index contributed by atoms with van der Waals surface area (Å²) in [6, 6.07) is 7.80. The Morgan fingerprint density at radius 2 is 2.14 bits per heavy atom. The Balaban J connectivity index is 1.72. The predicted octanol–water partition coefficient (Wildman–Crippen LogP) is 2.75. The monoisotopic (exact) mass is 304 g/mol. The number of hydrogen-bond acceptors (Lipinski definition) is 4. The van der Waals surface area contributed by atoms with Crippen LogP contribution < -0.4 is 10.1 Å². The number of para-hydroxylation sites is 1. The Bertz CT molecular complexity index is 595. The zero-order valence-corrected chi connectivity index (χ0v) is 13.2. The van der Waals surface area contributed by atoms with Crippen LogP contribution in [-0.2, 0) is 17.6 Å². The average molecular weight is 304 g/mol. The molecule has 2 rings (SSSR count). The first-order chi connectivity index (χ1) is 10.2. The van der Waals surface area contributed by atoms with E-state index in [2.05, 4.69) is 10.3 Å². The van der Waals surface area contributed by atoms with Crippen molar-refractivity contribution < 1.29 is 9.53 Å². The third kappa shape index (κ3) is 4.86. The van der Waals surface area contributed by atoms with Gasteiger partial charge < -0.3 is 10.1 Å². The molecule has 1 aromatic heterocycles. The van der Waals surface area contributed by atoms with E-state index >= 15 is 0 Å². The van der Waals surface area contributed by atoms with E-state index in [9.17, 15) is 4.79 Å². The second kappa shape index (κ2) is 7.78. The van der Waals surface area contributed by atoms with Gasteiger partial charge >= 0.3 is 0 Å². The minimum Gasteiger partial charge on any atom is -0.496 e. The topological polar surface area (TPSA) is 51.2 Å². The summed E-state index contributed by atoms with van der Waals surface area (Å²) in [6.07, 6.45) is 3.88. The van der Waals surface area contributed by atoms with Crippen LogP contribution in [0.5, 0.6) is 5.75 Å². The normalized spacial score (nSPS) is 10.4.